The van der Waals surface area contributed by atoms with Gasteiger partial charge in [0.1, 0.15) is 5.01 Å². The lowest BCUT2D eigenvalue weighted by Crippen LogP contribution is -2.08. The van der Waals surface area contributed by atoms with Crippen molar-refractivity contribution >= 4 is 17.0 Å². The number of nitrogens with one attached hydrogen (secondary N) is 1. The first-order valence-electron chi connectivity index (χ1n) is 5.27. The molecule has 2 nitrogen and oxygen atoms in total. The van der Waals surface area contributed by atoms with Crippen molar-refractivity contribution in [2.24, 2.45) is 0 Å². The summed E-state index contributed by atoms with van der Waals surface area (Å²) in [6.45, 7) is 1.88. The van der Waals surface area contributed by atoms with Gasteiger partial charge in [0.05, 0.1) is 12.1 Å². The zero-order chi connectivity index (χ0) is 13.2. The SMILES string of the molecule is Cc1ccc(NCc2nccs2)cc1C(F)(F)F. The van der Waals surface area contributed by atoms with Crippen molar-refractivity contribution in [3.8, 4) is 0 Å². The predicted molar refractivity (Wildman–Crippen MR) is 65.6 cm³/mol. The fourth-order valence-electron chi connectivity index (χ4n) is 1.56. The van der Waals surface area contributed by atoms with E-state index in [1.54, 1.807) is 12.3 Å². The van der Waals surface area contributed by atoms with E-state index in [1.165, 1.54) is 24.3 Å². The molecule has 0 aliphatic rings. The molecule has 2 rings (SSSR count). The molecule has 1 heterocycles. The third-order valence-corrected chi connectivity index (χ3v) is 3.25. The van der Waals surface area contributed by atoms with Crippen LogP contribution in [0, 0.1) is 6.92 Å². The molecule has 0 radical (unpaired) electrons. The van der Waals surface area contributed by atoms with Crippen molar-refractivity contribution < 1.29 is 13.2 Å². The minimum Gasteiger partial charge on any atom is -0.379 e. The number of rotatable bonds is 3. The first-order chi connectivity index (χ1) is 8.47. The number of hydrogen-bond acceptors (Lipinski definition) is 3. The van der Waals surface area contributed by atoms with Gasteiger partial charge in [-0.2, -0.15) is 13.2 Å². The minimum absolute atomic E-state index is 0.224. The standard InChI is InChI=1S/C12H11F3N2S/c1-8-2-3-9(6-10(8)12(13,14)15)17-7-11-16-4-5-18-11/h2-6,17H,7H2,1H3. The number of halogens is 3. The molecular formula is C12H11F3N2S. The average Bonchev–Trinajstić information content (AvgIpc) is 2.79. The quantitative estimate of drug-likeness (QED) is 0.910. The number of anilines is 1. The Morgan fingerprint density at radius 2 is 2.11 bits per heavy atom. The van der Waals surface area contributed by atoms with Gasteiger partial charge in [0.15, 0.2) is 0 Å². The predicted octanol–water partition coefficient (Wildman–Crippen LogP) is 4.08. The van der Waals surface area contributed by atoms with Crippen molar-refractivity contribution in [1.82, 2.24) is 4.98 Å². The summed E-state index contributed by atoms with van der Waals surface area (Å²) in [6.07, 6.45) is -2.65. The highest BCUT2D eigenvalue weighted by Crippen LogP contribution is 2.33. The lowest BCUT2D eigenvalue weighted by molar-refractivity contribution is -0.138. The van der Waals surface area contributed by atoms with Crippen LogP contribution in [0.3, 0.4) is 0 Å². The Morgan fingerprint density at radius 1 is 1.33 bits per heavy atom. The molecule has 0 aliphatic carbocycles. The summed E-state index contributed by atoms with van der Waals surface area (Å²) in [6, 6.07) is 4.23. The van der Waals surface area contributed by atoms with E-state index in [-0.39, 0.29) is 5.56 Å². The van der Waals surface area contributed by atoms with Crippen LogP contribution in [-0.2, 0) is 12.7 Å². The number of benzene rings is 1. The second kappa shape index (κ2) is 4.97. The molecule has 0 saturated carbocycles. The van der Waals surface area contributed by atoms with Crippen molar-refractivity contribution in [3.63, 3.8) is 0 Å². The molecule has 2 aromatic rings. The average molecular weight is 272 g/mol. The zero-order valence-corrected chi connectivity index (χ0v) is 10.4. The molecule has 0 saturated heterocycles. The van der Waals surface area contributed by atoms with Gasteiger partial charge >= 0.3 is 6.18 Å². The third-order valence-electron chi connectivity index (χ3n) is 2.47. The number of hydrogen-bond donors (Lipinski definition) is 1. The zero-order valence-electron chi connectivity index (χ0n) is 9.58. The van der Waals surface area contributed by atoms with Gasteiger partial charge in [0.25, 0.3) is 0 Å². The van der Waals surface area contributed by atoms with Gasteiger partial charge in [0.2, 0.25) is 0 Å². The lowest BCUT2D eigenvalue weighted by Gasteiger charge is -2.12. The summed E-state index contributed by atoms with van der Waals surface area (Å²) in [5.41, 5.74) is 0.0667. The summed E-state index contributed by atoms with van der Waals surface area (Å²) in [5, 5.41) is 5.60. The molecule has 18 heavy (non-hydrogen) atoms. The van der Waals surface area contributed by atoms with E-state index in [0.29, 0.717) is 12.2 Å². The molecule has 0 amide bonds. The number of aromatic nitrogens is 1. The molecule has 0 bridgehead atoms. The van der Waals surface area contributed by atoms with E-state index in [9.17, 15) is 13.2 Å². The van der Waals surface area contributed by atoms with E-state index < -0.39 is 11.7 Å². The highest BCUT2D eigenvalue weighted by atomic mass is 32.1. The van der Waals surface area contributed by atoms with Crippen LogP contribution in [0.15, 0.2) is 29.8 Å². The van der Waals surface area contributed by atoms with Crippen LogP contribution in [-0.4, -0.2) is 4.98 Å². The highest BCUT2D eigenvalue weighted by molar-refractivity contribution is 7.09. The highest BCUT2D eigenvalue weighted by Gasteiger charge is 2.32. The van der Waals surface area contributed by atoms with Crippen LogP contribution in [0.1, 0.15) is 16.1 Å². The third kappa shape index (κ3) is 3.01. The van der Waals surface area contributed by atoms with Gasteiger partial charge in [-0.15, -0.1) is 11.3 Å². The Hall–Kier alpha value is -1.56. The Kier molecular flexibility index (Phi) is 3.56. The van der Waals surface area contributed by atoms with Gasteiger partial charge in [-0.05, 0) is 24.6 Å². The minimum atomic E-state index is -4.32. The molecule has 0 atom stereocenters. The Labute approximate surface area is 106 Å². The Balaban J connectivity index is 2.15. The summed E-state index contributed by atoms with van der Waals surface area (Å²) >= 11 is 1.46. The lowest BCUT2D eigenvalue weighted by atomic mass is 10.1. The fraction of sp³-hybridized carbons (Fsp3) is 0.250. The fourth-order valence-corrected chi connectivity index (χ4v) is 2.11. The first-order valence-corrected chi connectivity index (χ1v) is 6.15. The summed E-state index contributed by atoms with van der Waals surface area (Å²) in [4.78, 5) is 4.05. The maximum atomic E-state index is 12.7. The van der Waals surface area contributed by atoms with Crippen molar-refractivity contribution in [2.45, 2.75) is 19.6 Å². The molecule has 96 valence electrons. The largest absolute Gasteiger partial charge is 0.416 e. The molecule has 0 aliphatic heterocycles. The smallest absolute Gasteiger partial charge is 0.379 e. The van der Waals surface area contributed by atoms with Crippen LogP contribution in [0.25, 0.3) is 0 Å². The van der Waals surface area contributed by atoms with Crippen LogP contribution < -0.4 is 5.32 Å². The van der Waals surface area contributed by atoms with Crippen LogP contribution in [0.4, 0.5) is 18.9 Å². The Morgan fingerprint density at radius 3 is 2.72 bits per heavy atom. The topological polar surface area (TPSA) is 24.9 Å². The van der Waals surface area contributed by atoms with Crippen molar-refractivity contribution in [1.29, 1.82) is 0 Å². The van der Waals surface area contributed by atoms with Gasteiger partial charge in [-0.1, -0.05) is 6.07 Å². The van der Waals surface area contributed by atoms with Gasteiger partial charge in [0, 0.05) is 17.3 Å². The van der Waals surface area contributed by atoms with Gasteiger partial charge in [-0.25, -0.2) is 4.98 Å². The molecule has 1 N–H and O–H groups in total. The van der Waals surface area contributed by atoms with E-state index in [1.807, 2.05) is 5.38 Å². The van der Waals surface area contributed by atoms with Crippen molar-refractivity contribution in [3.05, 3.63) is 45.9 Å². The number of thiazole rings is 1. The normalized spacial score (nSPS) is 11.6. The van der Waals surface area contributed by atoms with Crippen LogP contribution in [0.5, 0.6) is 0 Å². The molecule has 0 spiro atoms. The molecular weight excluding hydrogens is 261 g/mol. The van der Waals surface area contributed by atoms with E-state index in [4.69, 9.17) is 0 Å². The van der Waals surface area contributed by atoms with E-state index >= 15 is 0 Å². The summed E-state index contributed by atoms with van der Waals surface area (Å²) in [5.74, 6) is 0. The molecule has 1 aromatic carbocycles. The molecule has 1 aromatic heterocycles. The van der Waals surface area contributed by atoms with Crippen molar-refractivity contribution in [2.75, 3.05) is 5.32 Å². The number of nitrogens with zero attached hydrogens (tertiary/aromatic N) is 1. The van der Waals surface area contributed by atoms with E-state index in [2.05, 4.69) is 10.3 Å². The van der Waals surface area contributed by atoms with Crippen LogP contribution >= 0.6 is 11.3 Å². The maximum Gasteiger partial charge on any atom is 0.416 e. The monoisotopic (exact) mass is 272 g/mol. The van der Waals surface area contributed by atoms with Gasteiger partial charge < -0.3 is 5.32 Å². The second-order valence-electron chi connectivity index (χ2n) is 3.81. The number of aryl methyl sites for hydroxylation is 1. The second-order valence-corrected chi connectivity index (χ2v) is 4.79. The number of alkyl halides is 3. The van der Waals surface area contributed by atoms with Gasteiger partial charge in [-0.3, -0.25) is 0 Å². The van der Waals surface area contributed by atoms with Crippen LogP contribution in [0.2, 0.25) is 0 Å². The first kappa shape index (κ1) is 12.9. The molecule has 0 fully saturated rings. The Bertz CT molecular complexity index is 521. The summed E-state index contributed by atoms with van der Waals surface area (Å²) < 4.78 is 38.1. The maximum absolute atomic E-state index is 12.7. The molecule has 0 unspecified atom stereocenters. The van der Waals surface area contributed by atoms with E-state index in [0.717, 1.165) is 11.1 Å². The molecule has 6 heteroatoms. The summed E-state index contributed by atoms with van der Waals surface area (Å²) in [7, 11) is 0.